The predicted octanol–water partition coefficient (Wildman–Crippen LogP) is 2.87. The van der Waals surface area contributed by atoms with Gasteiger partial charge in [0.1, 0.15) is 0 Å². The van der Waals surface area contributed by atoms with Crippen LogP contribution in [-0.4, -0.2) is 18.5 Å². The van der Waals surface area contributed by atoms with Gasteiger partial charge in [0.2, 0.25) is 5.91 Å². The standard InChI is InChI=1S/C16H28N2O.ClH/c1-2-16(7-3-4-8-16)10-18-15(19)13-11-5-6-12(9-11)14(13)17;/h11-14H,2-10,17H2,1H3,(H,18,19);1H. The van der Waals surface area contributed by atoms with Crippen LogP contribution in [-0.2, 0) is 4.79 Å². The number of fused-ring (bicyclic) bond motifs is 2. The first-order chi connectivity index (χ1) is 9.15. The molecule has 20 heavy (non-hydrogen) atoms. The third-order valence-electron chi connectivity index (χ3n) is 6.34. The number of nitrogens with one attached hydrogen (secondary N) is 1. The van der Waals surface area contributed by atoms with Gasteiger partial charge in [-0.2, -0.15) is 0 Å². The Bertz CT molecular complexity index is 352. The summed E-state index contributed by atoms with van der Waals surface area (Å²) in [6.45, 7) is 3.14. The van der Waals surface area contributed by atoms with Crippen LogP contribution in [0.4, 0.5) is 0 Å². The SMILES string of the molecule is CCC1(CNC(=O)C2C3CCC(C3)C2N)CCCC1.Cl. The van der Waals surface area contributed by atoms with Gasteiger partial charge in [0.15, 0.2) is 0 Å². The third-order valence-corrected chi connectivity index (χ3v) is 6.34. The Morgan fingerprint density at radius 1 is 1.25 bits per heavy atom. The number of carbonyl (C=O) groups is 1. The average Bonchev–Trinajstić information content (AvgIpc) is 3.12. The highest BCUT2D eigenvalue weighted by Gasteiger charge is 2.49. The van der Waals surface area contributed by atoms with Crippen LogP contribution in [0.2, 0.25) is 0 Å². The van der Waals surface area contributed by atoms with E-state index in [2.05, 4.69) is 12.2 Å². The molecule has 4 unspecified atom stereocenters. The number of hydrogen-bond acceptors (Lipinski definition) is 2. The van der Waals surface area contributed by atoms with Crippen molar-refractivity contribution >= 4 is 18.3 Å². The number of nitrogens with two attached hydrogens (primary N) is 1. The summed E-state index contributed by atoms with van der Waals surface area (Å²) in [6, 6.07) is 0.125. The van der Waals surface area contributed by atoms with Crippen molar-refractivity contribution in [3.63, 3.8) is 0 Å². The monoisotopic (exact) mass is 300 g/mol. The number of halogens is 1. The largest absolute Gasteiger partial charge is 0.355 e. The highest BCUT2D eigenvalue weighted by molar-refractivity contribution is 5.85. The Kier molecular flexibility index (Phi) is 5.01. The van der Waals surface area contributed by atoms with Crippen LogP contribution in [0.15, 0.2) is 0 Å². The molecule has 2 bridgehead atoms. The quantitative estimate of drug-likeness (QED) is 0.839. The van der Waals surface area contributed by atoms with E-state index in [9.17, 15) is 4.79 Å². The van der Waals surface area contributed by atoms with Crippen LogP contribution in [0.5, 0.6) is 0 Å². The van der Waals surface area contributed by atoms with Crippen molar-refractivity contribution in [2.24, 2.45) is 28.9 Å². The van der Waals surface area contributed by atoms with E-state index in [1.165, 1.54) is 51.4 Å². The molecular formula is C16H29ClN2O. The number of hydrogen-bond donors (Lipinski definition) is 2. The molecule has 4 atom stereocenters. The number of amides is 1. The molecule has 0 aromatic rings. The summed E-state index contributed by atoms with van der Waals surface area (Å²) in [4.78, 5) is 12.5. The molecular weight excluding hydrogens is 272 g/mol. The second-order valence-electron chi connectivity index (χ2n) is 7.21. The van der Waals surface area contributed by atoms with Crippen molar-refractivity contribution in [2.45, 2.75) is 64.3 Å². The Morgan fingerprint density at radius 2 is 1.90 bits per heavy atom. The van der Waals surface area contributed by atoms with Crippen LogP contribution in [0.3, 0.4) is 0 Å². The van der Waals surface area contributed by atoms with E-state index in [1.54, 1.807) is 0 Å². The Hall–Kier alpha value is -0.280. The molecule has 0 spiro atoms. The number of rotatable bonds is 4. The fourth-order valence-corrected chi connectivity index (χ4v) is 4.90. The van der Waals surface area contributed by atoms with Crippen LogP contribution in [0, 0.1) is 23.2 Å². The maximum Gasteiger partial charge on any atom is 0.224 e. The van der Waals surface area contributed by atoms with Crippen molar-refractivity contribution in [1.82, 2.24) is 5.32 Å². The van der Waals surface area contributed by atoms with Gasteiger partial charge >= 0.3 is 0 Å². The van der Waals surface area contributed by atoms with Gasteiger partial charge in [-0.1, -0.05) is 19.8 Å². The molecule has 116 valence electrons. The minimum Gasteiger partial charge on any atom is -0.355 e. The predicted molar refractivity (Wildman–Crippen MR) is 83.7 cm³/mol. The summed E-state index contributed by atoms with van der Waals surface area (Å²) in [5, 5.41) is 3.25. The van der Waals surface area contributed by atoms with Crippen molar-refractivity contribution in [1.29, 1.82) is 0 Å². The lowest BCUT2D eigenvalue weighted by Crippen LogP contribution is -2.47. The lowest BCUT2D eigenvalue weighted by molar-refractivity contribution is -0.127. The van der Waals surface area contributed by atoms with Gasteiger partial charge < -0.3 is 11.1 Å². The van der Waals surface area contributed by atoms with E-state index in [0.29, 0.717) is 17.3 Å². The molecule has 0 aromatic carbocycles. The van der Waals surface area contributed by atoms with E-state index < -0.39 is 0 Å². The molecule has 0 heterocycles. The van der Waals surface area contributed by atoms with Gasteiger partial charge in [-0.3, -0.25) is 4.79 Å². The molecule has 0 aliphatic heterocycles. The fraction of sp³-hybridized carbons (Fsp3) is 0.938. The van der Waals surface area contributed by atoms with Gasteiger partial charge in [0, 0.05) is 12.6 Å². The van der Waals surface area contributed by atoms with E-state index in [1.807, 2.05) is 0 Å². The molecule has 3 N–H and O–H groups in total. The zero-order valence-electron chi connectivity index (χ0n) is 12.6. The summed E-state index contributed by atoms with van der Waals surface area (Å²) in [6.07, 6.45) is 10.1. The van der Waals surface area contributed by atoms with Crippen LogP contribution in [0.25, 0.3) is 0 Å². The van der Waals surface area contributed by atoms with Crippen molar-refractivity contribution in [3.05, 3.63) is 0 Å². The molecule has 0 saturated heterocycles. The van der Waals surface area contributed by atoms with Gasteiger partial charge in [-0.05, 0) is 55.8 Å². The molecule has 3 aliphatic rings. The van der Waals surface area contributed by atoms with E-state index in [0.717, 1.165) is 6.54 Å². The minimum atomic E-state index is 0. The zero-order chi connectivity index (χ0) is 13.5. The first-order valence-corrected chi connectivity index (χ1v) is 8.18. The second-order valence-corrected chi connectivity index (χ2v) is 7.21. The minimum absolute atomic E-state index is 0. The summed E-state index contributed by atoms with van der Waals surface area (Å²) >= 11 is 0. The average molecular weight is 301 g/mol. The number of carbonyl (C=O) groups excluding carboxylic acids is 1. The molecule has 3 rings (SSSR count). The van der Waals surface area contributed by atoms with Crippen molar-refractivity contribution in [3.8, 4) is 0 Å². The topological polar surface area (TPSA) is 55.1 Å². The summed E-state index contributed by atoms with van der Waals surface area (Å²) in [5.41, 5.74) is 6.64. The zero-order valence-corrected chi connectivity index (χ0v) is 13.4. The maximum atomic E-state index is 12.5. The summed E-state index contributed by atoms with van der Waals surface area (Å²) < 4.78 is 0. The van der Waals surface area contributed by atoms with Crippen LogP contribution in [0.1, 0.15) is 58.3 Å². The molecule has 3 saturated carbocycles. The van der Waals surface area contributed by atoms with Gasteiger partial charge in [-0.15, -0.1) is 12.4 Å². The molecule has 4 heteroatoms. The fourth-order valence-electron chi connectivity index (χ4n) is 4.90. The lowest BCUT2D eigenvalue weighted by Gasteiger charge is -2.31. The Labute approximate surface area is 128 Å². The van der Waals surface area contributed by atoms with Crippen molar-refractivity contribution in [2.75, 3.05) is 6.54 Å². The van der Waals surface area contributed by atoms with E-state index in [-0.39, 0.29) is 30.3 Å². The molecule has 0 aromatic heterocycles. The summed E-state index contributed by atoms with van der Waals surface area (Å²) in [5.74, 6) is 1.54. The Morgan fingerprint density at radius 3 is 2.45 bits per heavy atom. The van der Waals surface area contributed by atoms with Gasteiger partial charge in [-0.25, -0.2) is 0 Å². The smallest absolute Gasteiger partial charge is 0.224 e. The van der Waals surface area contributed by atoms with E-state index >= 15 is 0 Å². The molecule has 3 aliphatic carbocycles. The Balaban J connectivity index is 0.00000147. The lowest BCUT2D eigenvalue weighted by atomic mass is 9.82. The highest BCUT2D eigenvalue weighted by atomic mass is 35.5. The van der Waals surface area contributed by atoms with Gasteiger partial charge in [0.25, 0.3) is 0 Å². The maximum absolute atomic E-state index is 12.5. The first-order valence-electron chi connectivity index (χ1n) is 8.18. The molecule has 3 nitrogen and oxygen atoms in total. The van der Waals surface area contributed by atoms with Gasteiger partial charge in [0.05, 0.1) is 5.92 Å². The second kappa shape index (κ2) is 6.23. The molecule has 1 amide bonds. The molecule has 0 radical (unpaired) electrons. The molecule has 3 fully saturated rings. The van der Waals surface area contributed by atoms with E-state index in [4.69, 9.17) is 5.73 Å². The van der Waals surface area contributed by atoms with Crippen molar-refractivity contribution < 1.29 is 4.79 Å². The summed E-state index contributed by atoms with van der Waals surface area (Å²) in [7, 11) is 0. The van der Waals surface area contributed by atoms with Crippen LogP contribution < -0.4 is 11.1 Å². The highest BCUT2D eigenvalue weighted by Crippen LogP contribution is 2.48. The normalized spacial score (nSPS) is 37.7. The third kappa shape index (κ3) is 2.71. The first kappa shape index (κ1) is 16.1. The van der Waals surface area contributed by atoms with Crippen LogP contribution >= 0.6 is 12.4 Å².